The first-order chi connectivity index (χ1) is 14.6. The Hall–Kier alpha value is -2.89. The zero-order valence-corrected chi connectivity index (χ0v) is 18.7. The Morgan fingerprint density at radius 3 is 2.45 bits per heavy atom. The van der Waals surface area contributed by atoms with E-state index in [4.69, 9.17) is 4.74 Å². The second-order valence-electron chi connectivity index (χ2n) is 9.70. The number of hydrogen-bond donors (Lipinski definition) is 1. The number of pyridine rings is 1. The van der Waals surface area contributed by atoms with E-state index in [0.717, 1.165) is 5.75 Å². The van der Waals surface area contributed by atoms with Crippen LogP contribution in [0.25, 0.3) is 0 Å². The van der Waals surface area contributed by atoms with E-state index in [1.807, 2.05) is 32.0 Å². The molecule has 0 spiro atoms. The van der Waals surface area contributed by atoms with Gasteiger partial charge in [0.15, 0.2) is 5.78 Å². The third kappa shape index (κ3) is 4.43. The number of benzene rings is 1. The Kier molecular flexibility index (Phi) is 5.50. The van der Waals surface area contributed by atoms with Crippen molar-refractivity contribution in [2.45, 2.75) is 59.5 Å². The number of ether oxygens (including phenoxy) is 1. The fraction of sp³-hybridized carbons (Fsp3) is 0.480. The number of amides is 1. The van der Waals surface area contributed by atoms with Gasteiger partial charge < -0.3 is 14.6 Å². The van der Waals surface area contributed by atoms with Crippen LogP contribution in [0.1, 0.15) is 70.6 Å². The average molecular weight is 423 g/mol. The molecule has 0 unspecified atom stereocenters. The smallest absolute Gasteiger partial charge is 0.261 e. The van der Waals surface area contributed by atoms with E-state index >= 15 is 0 Å². The minimum atomic E-state index is -0.414. The summed E-state index contributed by atoms with van der Waals surface area (Å²) in [6.07, 6.45) is 2.49. The fourth-order valence-electron chi connectivity index (χ4n) is 4.51. The number of ketones is 1. The van der Waals surface area contributed by atoms with Gasteiger partial charge in [0.2, 0.25) is 0 Å². The molecule has 6 nitrogen and oxygen atoms in total. The molecule has 6 heteroatoms. The summed E-state index contributed by atoms with van der Waals surface area (Å²) in [5, 5.41) is 0. The first-order valence-corrected chi connectivity index (χ1v) is 11.0. The molecular weight excluding hydrogens is 392 g/mol. The van der Waals surface area contributed by atoms with E-state index in [2.05, 4.69) is 18.8 Å². The molecule has 1 fully saturated rings. The van der Waals surface area contributed by atoms with E-state index < -0.39 is 5.56 Å². The molecule has 1 aliphatic carbocycles. The molecule has 2 aromatic rings. The van der Waals surface area contributed by atoms with Crippen LogP contribution in [-0.2, 0) is 6.42 Å². The Bertz CT molecular complexity index is 1090. The number of piperidine rings is 1. The van der Waals surface area contributed by atoms with Gasteiger partial charge in [-0.15, -0.1) is 0 Å². The van der Waals surface area contributed by atoms with Gasteiger partial charge in [0, 0.05) is 43.6 Å². The number of aromatic nitrogens is 1. The van der Waals surface area contributed by atoms with Crippen LogP contribution < -0.4 is 10.3 Å². The number of aryl methyl sites for hydroxylation is 2. The number of hydrogen-bond acceptors (Lipinski definition) is 4. The molecule has 1 aromatic heterocycles. The van der Waals surface area contributed by atoms with Gasteiger partial charge in [-0.2, -0.15) is 0 Å². The molecule has 0 saturated carbocycles. The van der Waals surface area contributed by atoms with Crippen LogP contribution in [-0.4, -0.2) is 40.8 Å². The number of likely N-dealkylation sites (tertiary alicyclic amines) is 1. The molecule has 2 heterocycles. The molecule has 1 aromatic carbocycles. The molecule has 0 radical (unpaired) electrons. The highest BCUT2D eigenvalue weighted by Gasteiger charge is 2.34. The summed E-state index contributed by atoms with van der Waals surface area (Å²) in [6.45, 7) is 9.19. The number of aromatic amines is 1. The summed E-state index contributed by atoms with van der Waals surface area (Å²) in [4.78, 5) is 42.7. The van der Waals surface area contributed by atoms with Gasteiger partial charge in [0.1, 0.15) is 17.4 Å². The minimum absolute atomic E-state index is 0.0166. The van der Waals surface area contributed by atoms with Gasteiger partial charge in [-0.3, -0.25) is 14.4 Å². The third-order valence-corrected chi connectivity index (χ3v) is 6.46. The van der Waals surface area contributed by atoms with E-state index in [1.54, 1.807) is 4.90 Å². The van der Waals surface area contributed by atoms with Crippen molar-refractivity contribution in [1.82, 2.24) is 9.88 Å². The molecule has 4 rings (SSSR count). The summed E-state index contributed by atoms with van der Waals surface area (Å²) in [7, 11) is 0. The fourth-order valence-corrected chi connectivity index (χ4v) is 4.51. The molecule has 1 saturated heterocycles. The summed E-state index contributed by atoms with van der Waals surface area (Å²) < 4.78 is 6.11. The average Bonchev–Trinajstić information content (AvgIpc) is 2.69. The lowest BCUT2D eigenvalue weighted by molar-refractivity contribution is 0.0594. The zero-order chi connectivity index (χ0) is 22.3. The monoisotopic (exact) mass is 422 g/mol. The standard InChI is InChI=1S/C25H30N2O4/c1-15-5-6-18(11-16(15)2)31-17-7-9-27(10-8-17)24(30)20-12-19-21(26-23(20)29)13-25(3,4)14-22(19)28/h5-6,11-12,17H,7-10,13-14H2,1-4H3,(H,26,29). The zero-order valence-electron chi connectivity index (χ0n) is 18.7. The Morgan fingerprint density at radius 1 is 1.06 bits per heavy atom. The lowest BCUT2D eigenvalue weighted by Gasteiger charge is -2.33. The minimum Gasteiger partial charge on any atom is -0.490 e. The van der Waals surface area contributed by atoms with Gasteiger partial charge >= 0.3 is 0 Å². The second-order valence-corrected chi connectivity index (χ2v) is 9.70. The number of H-pyrrole nitrogens is 1. The van der Waals surface area contributed by atoms with E-state index in [-0.39, 0.29) is 28.8 Å². The summed E-state index contributed by atoms with van der Waals surface area (Å²) in [5.41, 5.74) is 3.00. The van der Waals surface area contributed by atoms with Crippen molar-refractivity contribution >= 4 is 11.7 Å². The maximum atomic E-state index is 13.0. The van der Waals surface area contributed by atoms with E-state index in [1.165, 1.54) is 17.2 Å². The normalized spacial score (nSPS) is 18.6. The number of nitrogens with zero attached hydrogens (tertiary/aromatic N) is 1. The molecule has 0 bridgehead atoms. The molecular formula is C25H30N2O4. The molecule has 2 aliphatic rings. The van der Waals surface area contributed by atoms with Crippen molar-refractivity contribution in [2.24, 2.45) is 5.41 Å². The van der Waals surface area contributed by atoms with Crippen LogP contribution in [0.4, 0.5) is 0 Å². The number of Topliss-reactive ketones (excluding diaryl/α,β-unsaturated/α-hetero) is 1. The number of rotatable bonds is 3. The Balaban J connectivity index is 1.44. The molecule has 1 aliphatic heterocycles. The van der Waals surface area contributed by atoms with Crippen LogP contribution in [0.5, 0.6) is 5.75 Å². The first kappa shape index (κ1) is 21.3. The third-order valence-electron chi connectivity index (χ3n) is 6.46. The van der Waals surface area contributed by atoms with Gasteiger partial charge in [-0.05, 0) is 55.0 Å². The summed E-state index contributed by atoms with van der Waals surface area (Å²) in [5.74, 6) is 0.517. The van der Waals surface area contributed by atoms with E-state index in [0.29, 0.717) is 50.0 Å². The largest absolute Gasteiger partial charge is 0.490 e. The quantitative estimate of drug-likeness (QED) is 0.815. The Labute approximate surface area is 182 Å². The highest BCUT2D eigenvalue weighted by molar-refractivity contribution is 6.02. The van der Waals surface area contributed by atoms with Crippen LogP contribution in [0, 0.1) is 19.3 Å². The van der Waals surface area contributed by atoms with Crippen LogP contribution in [0.3, 0.4) is 0 Å². The Morgan fingerprint density at radius 2 is 1.77 bits per heavy atom. The molecule has 1 amide bonds. The van der Waals surface area contributed by atoms with Crippen LogP contribution >= 0.6 is 0 Å². The van der Waals surface area contributed by atoms with Crippen molar-refractivity contribution < 1.29 is 14.3 Å². The lowest BCUT2D eigenvalue weighted by Crippen LogP contribution is -2.43. The number of carbonyl (C=O) groups is 2. The van der Waals surface area contributed by atoms with Gasteiger partial charge in [-0.25, -0.2) is 0 Å². The maximum absolute atomic E-state index is 13.0. The van der Waals surface area contributed by atoms with Crippen molar-refractivity contribution in [2.75, 3.05) is 13.1 Å². The molecule has 1 N–H and O–H groups in total. The molecule has 31 heavy (non-hydrogen) atoms. The van der Waals surface area contributed by atoms with Gasteiger partial charge in [0.25, 0.3) is 11.5 Å². The second kappa shape index (κ2) is 7.98. The highest BCUT2D eigenvalue weighted by atomic mass is 16.5. The topological polar surface area (TPSA) is 79.5 Å². The first-order valence-electron chi connectivity index (χ1n) is 11.0. The van der Waals surface area contributed by atoms with Gasteiger partial charge in [-0.1, -0.05) is 19.9 Å². The van der Waals surface area contributed by atoms with E-state index in [9.17, 15) is 14.4 Å². The van der Waals surface area contributed by atoms with Crippen LogP contribution in [0.2, 0.25) is 0 Å². The molecule has 0 atom stereocenters. The van der Waals surface area contributed by atoms with Crippen molar-refractivity contribution in [1.29, 1.82) is 0 Å². The SMILES string of the molecule is Cc1ccc(OC2CCN(C(=O)c3cc4c([nH]c3=O)CC(C)(C)CC4=O)CC2)cc1C. The summed E-state index contributed by atoms with van der Waals surface area (Å²) in [6, 6.07) is 7.57. The number of fused-ring (bicyclic) bond motifs is 1. The predicted octanol–water partition coefficient (Wildman–Crippen LogP) is 3.83. The molecule has 164 valence electrons. The maximum Gasteiger partial charge on any atom is 0.261 e. The predicted molar refractivity (Wildman–Crippen MR) is 119 cm³/mol. The highest BCUT2D eigenvalue weighted by Crippen LogP contribution is 2.33. The van der Waals surface area contributed by atoms with Gasteiger partial charge in [0.05, 0.1) is 0 Å². The number of nitrogens with one attached hydrogen (secondary N) is 1. The number of carbonyl (C=O) groups excluding carboxylic acids is 2. The lowest BCUT2D eigenvalue weighted by atomic mass is 9.75. The summed E-state index contributed by atoms with van der Waals surface area (Å²) >= 11 is 0. The van der Waals surface area contributed by atoms with Crippen molar-refractivity contribution in [3.63, 3.8) is 0 Å². The van der Waals surface area contributed by atoms with Crippen molar-refractivity contribution in [3.8, 4) is 5.75 Å². The van der Waals surface area contributed by atoms with Crippen LogP contribution in [0.15, 0.2) is 29.1 Å². The van der Waals surface area contributed by atoms with Crippen molar-refractivity contribution in [3.05, 3.63) is 62.6 Å².